The van der Waals surface area contributed by atoms with Crippen molar-refractivity contribution in [2.45, 2.75) is 19.9 Å². The zero-order chi connectivity index (χ0) is 23.0. The molecule has 32 heavy (non-hydrogen) atoms. The van der Waals surface area contributed by atoms with Gasteiger partial charge in [0.15, 0.2) is 4.80 Å². The maximum Gasteiger partial charge on any atom is 0.338 e. The number of thiazole rings is 1. The summed E-state index contributed by atoms with van der Waals surface area (Å²) < 4.78 is 20.5. The highest BCUT2D eigenvalue weighted by Gasteiger charge is 2.33. The lowest BCUT2D eigenvalue weighted by Crippen LogP contribution is -2.39. The molecule has 0 fully saturated rings. The summed E-state index contributed by atoms with van der Waals surface area (Å²) >= 11 is 7.14. The lowest BCUT2D eigenvalue weighted by Gasteiger charge is -2.24. The number of nitrogens with zero attached hydrogens (tertiary/aromatic N) is 2. The van der Waals surface area contributed by atoms with Gasteiger partial charge < -0.3 is 9.84 Å². The highest BCUT2D eigenvalue weighted by atomic mass is 35.5. The number of ether oxygens (including phenoxy) is 1. The molecule has 0 saturated carbocycles. The fourth-order valence-corrected chi connectivity index (χ4v) is 4.75. The predicted octanol–water partition coefficient (Wildman–Crippen LogP) is 3.30. The van der Waals surface area contributed by atoms with Crippen LogP contribution in [0.3, 0.4) is 0 Å². The van der Waals surface area contributed by atoms with E-state index in [0.29, 0.717) is 31.2 Å². The minimum Gasteiger partial charge on any atom is -0.507 e. The summed E-state index contributed by atoms with van der Waals surface area (Å²) in [7, 11) is 0. The van der Waals surface area contributed by atoms with E-state index in [9.17, 15) is 19.1 Å². The first-order chi connectivity index (χ1) is 15.3. The Bertz CT molecular complexity index is 1420. The van der Waals surface area contributed by atoms with Crippen molar-refractivity contribution in [2.75, 3.05) is 6.61 Å². The number of fused-ring (bicyclic) bond motifs is 1. The van der Waals surface area contributed by atoms with Gasteiger partial charge in [-0.15, -0.1) is 0 Å². The van der Waals surface area contributed by atoms with E-state index in [1.807, 2.05) is 0 Å². The van der Waals surface area contributed by atoms with Crippen LogP contribution >= 0.6 is 22.9 Å². The van der Waals surface area contributed by atoms with Crippen LogP contribution in [-0.4, -0.2) is 22.2 Å². The predicted molar refractivity (Wildman–Crippen MR) is 120 cm³/mol. The molecule has 0 unspecified atom stereocenters. The van der Waals surface area contributed by atoms with Gasteiger partial charge in [0.2, 0.25) is 0 Å². The number of benzene rings is 2. The molecule has 1 aromatic heterocycles. The maximum atomic E-state index is 13.6. The largest absolute Gasteiger partial charge is 0.507 e. The van der Waals surface area contributed by atoms with Gasteiger partial charge in [0.1, 0.15) is 11.6 Å². The van der Waals surface area contributed by atoms with Crippen LogP contribution in [-0.2, 0) is 9.53 Å². The van der Waals surface area contributed by atoms with Gasteiger partial charge in [-0.1, -0.05) is 35.1 Å². The minimum atomic E-state index is -0.832. The smallest absolute Gasteiger partial charge is 0.338 e. The molecule has 1 aliphatic heterocycles. The number of rotatable bonds is 4. The first-order valence-corrected chi connectivity index (χ1v) is 10.9. The van der Waals surface area contributed by atoms with Gasteiger partial charge in [0, 0.05) is 10.6 Å². The Morgan fingerprint density at radius 3 is 2.72 bits per heavy atom. The molecule has 2 heterocycles. The Balaban J connectivity index is 1.97. The molecule has 164 valence electrons. The van der Waals surface area contributed by atoms with Crippen molar-refractivity contribution >= 4 is 35.0 Å². The van der Waals surface area contributed by atoms with E-state index in [0.717, 1.165) is 11.3 Å². The molecule has 0 bridgehead atoms. The average molecular weight is 473 g/mol. The Kier molecular flexibility index (Phi) is 5.99. The first-order valence-electron chi connectivity index (χ1n) is 9.73. The van der Waals surface area contributed by atoms with Gasteiger partial charge >= 0.3 is 5.97 Å². The second-order valence-corrected chi connectivity index (χ2v) is 8.50. The molecular weight excluding hydrogens is 455 g/mol. The molecule has 4 rings (SSSR count). The number of allylic oxidation sites excluding steroid dienone is 1. The summed E-state index contributed by atoms with van der Waals surface area (Å²) in [6.07, 6.45) is 1.52. The summed E-state index contributed by atoms with van der Waals surface area (Å²) in [5, 5.41) is 10.5. The topological polar surface area (TPSA) is 80.9 Å². The molecule has 1 aliphatic rings. The van der Waals surface area contributed by atoms with E-state index < -0.39 is 23.4 Å². The van der Waals surface area contributed by atoms with Crippen molar-refractivity contribution in [2.24, 2.45) is 4.99 Å². The SMILES string of the molecule is CCOC(=O)C1=C(C)N=c2s/c(=C\c3cc(Cl)ccc3O)c(=O)n2[C@@H]1c1ccc(F)cc1. The van der Waals surface area contributed by atoms with Crippen LogP contribution in [0.2, 0.25) is 5.02 Å². The number of aromatic hydroxyl groups is 1. The maximum absolute atomic E-state index is 13.6. The van der Waals surface area contributed by atoms with Crippen molar-refractivity contribution in [3.63, 3.8) is 0 Å². The Morgan fingerprint density at radius 2 is 2.03 bits per heavy atom. The third-order valence-electron chi connectivity index (χ3n) is 4.98. The summed E-state index contributed by atoms with van der Waals surface area (Å²) in [6, 6.07) is 9.29. The molecular formula is C23H18ClFN2O4S. The monoisotopic (exact) mass is 472 g/mol. The molecule has 1 atom stereocenters. The van der Waals surface area contributed by atoms with Gasteiger partial charge in [0.05, 0.1) is 28.5 Å². The van der Waals surface area contributed by atoms with Gasteiger partial charge in [0.25, 0.3) is 5.56 Å². The number of hydrogen-bond donors (Lipinski definition) is 1. The van der Waals surface area contributed by atoms with Crippen molar-refractivity contribution in [1.82, 2.24) is 4.57 Å². The Morgan fingerprint density at radius 1 is 1.31 bits per heavy atom. The van der Waals surface area contributed by atoms with Crippen LogP contribution in [0.4, 0.5) is 4.39 Å². The van der Waals surface area contributed by atoms with Crippen LogP contribution in [0.15, 0.2) is 63.5 Å². The van der Waals surface area contributed by atoms with Gasteiger partial charge in [-0.05, 0) is 55.8 Å². The van der Waals surface area contributed by atoms with E-state index in [2.05, 4.69) is 4.99 Å². The van der Waals surface area contributed by atoms with Crippen LogP contribution < -0.4 is 14.9 Å². The quantitative estimate of drug-likeness (QED) is 0.591. The lowest BCUT2D eigenvalue weighted by molar-refractivity contribution is -0.139. The van der Waals surface area contributed by atoms with Gasteiger partial charge in [-0.2, -0.15) is 0 Å². The zero-order valence-corrected chi connectivity index (χ0v) is 18.7. The summed E-state index contributed by atoms with van der Waals surface area (Å²) in [4.78, 5) is 31.0. The summed E-state index contributed by atoms with van der Waals surface area (Å²) in [5.41, 5.74) is 1.14. The zero-order valence-electron chi connectivity index (χ0n) is 17.1. The molecule has 0 aliphatic carbocycles. The second kappa shape index (κ2) is 8.72. The van der Waals surface area contributed by atoms with Gasteiger partial charge in [-0.25, -0.2) is 14.2 Å². The van der Waals surface area contributed by atoms with Crippen molar-refractivity contribution in [3.8, 4) is 5.75 Å². The molecule has 9 heteroatoms. The fourth-order valence-electron chi connectivity index (χ4n) is 3.53. The number of phenols is 1. The summed E-state index contributed by atoms with van der Waals surface area (Å²) in [5.74, 6) is -1.06. The molecule has 0 saturated heterocycles. The van der Waals surface area contributed by atoms with E-state index >= 15 is 0 Å². The van der Waals surface area contributed by atoms with E-state index in [-0.39, 0.29) is 17.9 Å². The molecule has 0 spiro atoms. The Labute approximate surface area is 191 Å². The van der Waals surface area contributed by atoms with Crippen molar-refractivity contribution in [3.05, 3.63) is 95.4 Å². The fraction of sp³-hybridized carbons (Fsp3) is 0.174. The normalized spacial score (nSPS) is 16.0. The summed E-state index contributed by atoms with van der Waals surface area (Å²) in [6.45, 7) is 3.51. The minimum absolute atomic E-state index is 0.0290. The van der Waals surface area contributed by atoms with Crippen LogP contribution in [0.25, 0.3) is 6.08 Å². The average Bonchev–Trinajstić information content (AvgIpc) is 3.05. The van der Waals surface area contributed by atoms with Crippen LogP contribution in [0.1, 0.15) is 31.0 Å². The molecule has 0 amide bonds. The number of carbonyl (C=O) groups is 1. The second-order valence-electron chi connectivity index (χ2n) is 7.06. The highest BCUT2D eigenvalue weighted by molar-refractivity contribution is 7.07. The molecule has 0 radical (unpaired) electrons. The number of carbonyl (C=O) groups excluding carboxylic acids is 1. The number of phenolic OH excluding ortho intramolecular Hbond substituents is 1. The van der Waals surface area contributed by atoms with E-state index in [4.69, 9.17) is 16.3 Å². The van der Waals surface area contributed by atoms with Crippen molar-refractivity contribution < 1.29 is 19.0 Å². The standard InChI is InChI=1S/C23H18ClFN2O4S/c1-3-31-22(30)19-12(2)26-23-27(20(19)13-4-7-16(25)8-5-13)21(29)18(32-23)11-14-10-15(24)6-9-17(14)28/h4-11,20,28H,3H2,1-2H3/b18-11-/t20-/m1/s1. The van der Waals surface area contributed by atoms with Crippen LogP contribution in [0.5, 0.6) is 5.75 Å². The van der Waals surface area contributed by atoms with E-state index in [1.165, 1.54) is 41.0 Å². The third-order valence-corrected chi connectivity index (χ3v) is 6.20. The Hall–Kier alpha value is -3.23. The molecule has 1 N–H and O–H groups in total. The van der Waals surface area contributed by atoms with Crippen molar-refractivity contribution in [1.29, 1.82) is 0 Å². The first kappa shape index (κ1) is 22.0. The number of aromatic nitrogens is 1. The van der Waals surface area contributed by atoms with E-state index in [1.54, 1.807) is 26.0 Å². The highest BCUT2D eigenvalue weighted by Crippen LogP contribution is 2.31. The molecule has 2 aromatic carbocycles. The van der Waals surface area contributed by atoms with Crippen LogP contribution in [0, 0.1) is 5.82 Å². The molecule has 3 aromatic rings. The lowest BCUT2D eigenvalue weighted by atomic mass is 9.96. The number of esters is 1. The van der Waals surface area contributed by atoms with Gasteiger partial charge in [-0.3, -0.25) is 9.36 Å². The number of halogens is 2. The third kappa shape index (κ3) is 3.99. The molecule has 6 nitrogen and oxygen atoms in total. The number of hydrogen-bond acceptors (Lipinski definition) is 6.